The van der Waals surface area contributed by atoms with Gasteiger partial charge in [-0.05, 0) is 46.3 Å². The van der Waals surface area contributed by atoms with Gasteiger partial charge in [0.2, 0.25) is 5.82 Å². The van der Waals surface area contributed by atoms with Crippen LogP contribution >= 0.6 is 11.3 Å². The first-order valence-corrected chi connectivity index (χ1v) is 10.9. The first kappa shape index (κ1) is 18.6. The Morgan fingerprint density at radius 2 is 2.00 bits per heavy atom. The molecule has 0 aliphatic heterocycles. The number of unbranched alkanes of at least 4 members (excludes halogenated alkanes) is 1. The van der Waals surface area contributed by atoms with Gasteiger partial charge in [-0.25, -0.2) is 9.97 Å². The lowest BCUT2D eigenvalue weighted by Crippen LogP contribution is -2.06. The van der Waals surface area contributed by atoms with Crippen LogP contribution in [-0.2, 0) is 13.0 Å². The molecule has 5 rings (SSSR count). The number of pyridine rings is 1. The summed E-state index contributed by atoms with van der Waals surface area (Å²) in [7, 11) is 0. The van der Waals surface area contributed by atoms with Gasteiger partial charge >= 0.3 is 0 Å². The number of tetrazole rings is 1. The average Bonchev–Trinajstić information content (AvgIpc) is 3.53. The maximum absolute atomic E-state index is 4.82. The highest BCUT2D eigenvalue weighted by atomic mass is 32.1. The van der Waals surface area contributed by atoms with Gasteiger partial charge in [0.25, 0.3) is 0 Å². The normalized spacial score (nSPS) is 11.4. The number of aromatic nitrogens is 7. The molecule has 0 unspecified atom stereocenters. The molecule has 0 amide bonds. The molecule has 7 nitrogen and oxygen atoms in total. The van der Waals surface area contributed by atoms with Crippen LogP contribution in [0.5, 0.6) is 0 Å². The summed E-state index contributed by atoms with van der Waals surface area (Å²) in [6.07, 6.45) is 5.07. The fraction of sp³-hybridized carbons (Fsp3) is 0.227. The zero-order chi connectivity index (χ0) is 20.3. The summed E-state index contributed by atoms with van der Waals surface area (Å²) >= 11 is 1.62. The number of benzene rings is 1. The molecule has 0 spiro atoms. The van der Waals surface area contributed by atoms with Crippen LogP contribution in [0.15, 0.2) is 54.0 Å². The van der Waals surface area contributed by atoms with E-state index in [1.165, 1.54) is 5.56 Å². The van der Waals surface area contributed by atoms with E-state index in [0.717, 1.165) is 58.8 Å². The highest BCUT2D eigenvalue weighted by molar-refractivity contribution is 7.14. The van der Waals surface area contributed by atoms with Gasteiger partial charge in [-0.15, -0.1) is 21.5 Å². The molecule has 0 bridgehead atoms. The van der Waals surface area contributed by atoms with Gasteiger partial charge in [-0.1, -0.05) is 37.6 Å². The lowest BCUT2D eigenvalue weighted by atomic mass is 10.0. The Hall–Kier alpha value is -3.39. The van der Waals surface area contributed by atoms with E-state index in [1.54, 1.807) is 11.3 Å². The minimum absolute atomic E-state index is 0.626. The lowest BCUT2D eigenvalue weighted by molar-refractivity contribution is 0.686. The second-order valence-electron chi connectivity index (χ2n) is 7.16. The Kier molecular flexibility index (Phi) is 5.06. The summed E-state index contributed by atoms with van der Waals surface area (Å²) in [5.41, 5.74) is 5.39. The Morgan fingerprint density at radius 3 is 2.80 bits per heavy atom. The van der Waals surface area contributed by atoms with E-state index in [1.807, 2.05) is 18.3 Å². The van der Waals surface area contributed by atoms with Crippen molar-refractivity contribution in [2.75, 3.05) is 0 Å². The van der Waals surface area contributed by atoms with Crippen molar-refractivity contribution in [3.05, 3.63) is 65.4 Å². The summed E-state index contributed by atoms with van der Waals surface area (Å²) in [5, 5.41) is 16.5. The van der Waals surface area contributed by atoms with Crippen LogP contribution < -0.4 is 0 Å². The molecule has 0 atom stereocenters. The third-order valence-corrected chi connectivity index (χ3v) is 6.07. The molecule has 5 aromatic rings. The Morgan fingerprint density at radius 1 is 1.10 bits per heavy atom. The first-order valence-electron chi connectivity index (χ1n) is 10.0. The minimum atomic E-state index is 0.626. The number of thiophene rings is 1. The van der Waals surface area contributed by atoms with Crippen molar-refractivity contribution in [2.45, 2.75) is 32.7 Å². The molecule has 4 aromatic heterocycles. The van der Waals surface area contributed by atoms with Crippen LogP contribution in [0, 0.1) is 0 Å². The van der Waals surface area contributed by atoms with E-state index in [2.05, 4.69) is 72.8 Å². The molecular weight excluding hydrogens is 394 g/mol. The quantitative estimate of drug-likeness (QED) is 0.415. The van der Waals surface area contributed by atoms with Gasteiger partial charge < -0.3 is 4.57 Å². The van der Waals surface area contributed by atoms with Crippen molar-refractivity contribution >= 4 is 22.5 Å². The van der Waals surface area contributed by atoms with Gasteiger partial charge in [0, 0.05) is 18.2 Å². The van der Waals surface area contributed by atoms with Crippen molar-refractivity contribution in [1.29, 1.82) is 0 Å². The number of hydrogen-bond donors (Lipinski definition) is 1. The molecule has 0 fully saturated rings. The number of imidazole rings is 1. The number of rotatable bonds is 7. The van der Waals surface area contributed by atoms with Crippen molar-refractivity contribution < 1.29 is 0 Å². The number of aryl methyl sites for hydroxylation is 1. The van der Waals surface area contributed by atoms with Gasteiger partial charge in [-0.2, -0.15) is 5.21 Å². The van der Waals surface area contributed by atoms with E-state index in [0.29, 0.717) is 5.82 Å². The molecule has 0 aliphatic rings. The molecule has 0 aliphatic carbocycles. The van der Waals surface area contributed by atoms with Crippen molar-refractivity contribution in [3.63, 3.8) is 0 Å². The standard InChI is InChI=1S/C22H21N7S/c1-2-3-6-19-24-18-5-4-12-23-22(18)29(19)14-15-7-9-16(10-8-15)17-11-13-30-20(17)21-25-27-28-26-21/h4-5,7-13H,2-3,6,14H2,1H3,(H,25,26,27,28). The SMILES string of the molecule is CCCCc1nc2cccnc2n1Cc1ccc(-c2ccsc2-c2nn[nH]n2)cc1. The average molecular weight is 416 g/mol. The molecule has 1 aromatic carbocycles. The third-order valence-electron chi connectivity index (χ3n) is 5.16. The summed E-state index contributed by atoms with van der Waals surface area (Å²) in [4.78, 5) is 10.4. The summed E-state index contributed by atoms with van der Waals surface area (Å²) in [6, 6.07) is 14.7. The van der Waals surface area contributed by atoms with Gasteiger partial charge in [0.1, 0.15) is 11.3 Å². The molecule has 150 valence electrons. The number of hydrogen-bond acceptors (Lipinski definition) is 6. The van der Waals surface area contributed by atoms with E-state index < -0.39 is 0 Å². The molecule has 8 heteroatoms. The smallest absolute Gasteiger partial charge is 0.215 e. The number of fused-ring (bicyclic) bond motifs is 1. The van der Waals surface area contributed by atoms with Crippen molar-refractivity contribution in [2.24, 2.45) is 0 Å². The fourth-order valence-corrected chi connectivity index (χ4v) is 4.48. The summed E-state index contributed by atoms with van der Waals surface area (Å²) in [6.45, 7) is 2.96. The van der Waals surface area contributed by atoms with Crippen molar-refractivity contribution in [1.82, 2.24) is 35.2 Å². The Bertz CT molecular complexity index is 1250. The number of H-pyrrole nitrogens is 1. The Balaban J connectivity index is 1.45. The second-order valence-corrected chi connectivity index (χ2v) is 8.08. The molecular formula is C22H21N7S. The highest BCUT2D eigenvalue weighted by Gasteiger charge is 2.14. The Labute approximate surface area is 177 Å². The van der Waals surface area contributed by atoms with Crippen LogP contribution in [0.1, 0.15) is 31.2 Å². The monoisotopic (exact) mass is 415 g/mol. The molecule has 0 saturated heterocycles. The predicted octanol–water partition coefficient (Wildman–Crippen LogP) is 4.73. The molecule has 0 saturated carbocycles. The second kappa shape index (κ2) is 8.16. The maximum atomic E-state index is 4.82. The molecule has 0 radical (unpaired) electrons. The number of nitrogens with one attached hydrogen (secondary N) is 1. The summed E-state index contributed by atoms with van der Waals surface area (Å²) in [5.74, 6) is 1.73. The summed E-state index contributed by atoms with van der Waals surface area (Å²) < 4.78 is 2.25. The van der Waals surface area contributed by atoms with Crippen LogP contribution in [0.3, 0.4) is 0 Å². The van der Waals surface area contributed by atoms with Crippen LogP contribution in [0.2, 0.25) is 0 Å². The maximum Gasteiger partial charge on any atom is 0.215 e. The topological polar surface area (TPSA) is 85.2 Å². The van der Waals surface area contributed by atoms with Gasteiger partial charge in [-0.3, -0.25) is 0 Å². The lowest BCUT2D eigenvalue weighted by Gasteiger charge is -2.10. The first-order chi connectivity index (χ1) is 14.8. The zero-order valence-electron chi connectivity index (χ0n) is 16.6. The highest BCUT2D eigenvalue weighted by Crippen LogP contribution is 2.34. The van der Waals surface area contributed by atoms with E-state index >= 15 is 0 Å². The predicted molar refractivity (Wildman–Crippen MR) is 118 cm³/mol. The van der Waals surface area contributed by atoms with Crippen LogP contribution in [0.4, 0.5) is 0 Å². The van der Waals surface area contributed by atoms with Crippen LogP contribution in [0.25, 0.3) is 33.0 Å². The fourth-order valence-electron chi connectivity index (χ4n) is 3.64. The van der Waals surface area contributed by atoms with Crippen LogP contribution in [-0.4, -0.2) is 35.2 Å². The van der Waals surface area contributed by atoms with E-state index in [4.69, 9.17) is 4.98 Å². The molecule has 30 heavy (non-hydrogen) atoms. The van der Waals surface area contributed by atoms with E-state index in [9.17, 15) is 0 Å². The number of aromatic amines is 1. The minimum Gasteiger partial charge on any atom is -0.308 e. The number of nitrogens with zero attached hydrogens (tertiary/aromatic N) is 6. The van der Waals surface area contributed by atoms with Crippen molar-refractivity contribution in [3.8, 4) is 21.8 Å². The molecule has 1 N–H and O–H groups in total. The largest absolute Gasteiger partial charge is 0.308 e. The zero-order valence-corrected chi connectivity index (χ0v) is 17.4. The molecule has 4 heterocycles. The van der Waals surface area contributed by atoms with Gasteiger partial charge in [0.15, 0.2) is 5.65 Å². The third kappa shape index (κ3) is 3.50. The van der Waals surface area contributed by atoms with Gasteiger partial charge in [0.05, 0.1) is 11.4 Å². The van der Waals surface area contributed by atoms with E-state index in [-0.39, 0.29) is 0 Å².